The van der Waals surface area contributed by atoms with E-state index in [1.807, 2.05) is 36.4 Å². The first-order chi connectivity index (χ1) is 10.3. The summed E-state index contributed by atoms with van der Waals surface area (Å²) in [5, 5.41) is 10.9. The van der Waals surface area contributed by atoms with Gasteiger partial charge >= 0.3 is 0 Å². The van der Waals surface area contributed by atoms with Crippen LogP contribution in [0.4, 0.5) is 5.69 Å². The van der Waals surface area contributed by atoms with Crippen LogP contribution in [0.15, 0.2) is 51.6 Å². The van der Waals surface area contributed by atoms with E-state index < -0.39 is 0 Å². The lowest BCUT2D eigenvalue weighted by Gasteiger charge is -2.05. The number of hydrogen-bond donors (Lipinski definition) is 1. The molecule has 0 bridgehead atoms. The molecule has 0 amide bonds. The summed E-state index contributed by atoms with van der Waals surface area (Å²) in [6, 6.07) is 11.9. The van der Waals surface area contributed by atoms with E-state index in [2.05, 4.69) is 21.8 Å². The third-order valence-electron chi connectivity index (χ3n) is 2.94. The molecule has 0 unspecified atom stereocenters. The highest BCUT2D eigenvalue weighted by Crippen LogP contribution is 2.21. The highest BCUT2D eigenvalue weighted by molar-refractivity contribution is 7.97. The predicted molar refractivity (Wildman–Crippen MR) is 83.0 cm³/mol. The van der Waals surface area contributed by atoms with Crippen LogP contribution in [0.5, 0.6) is 0 Å². The van der Waals surface area contributed by atoms with Gasteiger partial charge in [-0.2, -0.15) is 11.8 Å². The average molecular weight is 301 g/mol. The second-order valence-corrected chi connectivity index (χ2v) is 5.35. The molecule has 6 heteroatoms. The molecule has 0 radical (unpaired) electrons. The first-order valence-electron chi connectivity index (χ1n) is 6.52. The Morgan fingerprint density at radius 1 is 1.19 bits per heavy atom. The Morgan fingerprint density at radius 2 is 2.10 bits per heavy atom. The SMILES string of the molecule is CSCc1ccc(CNc2cccc(-c3nnco3)c2)o1. The quantitative estimate of drug-likeness (QED) is 0.747. The number of rotatable bonds is 6. The van der Waals surface area contributed by atoms with Crippen molar-refractivity contribution in [1.29, 1.82) is 0 Å². The fourth-order valence-corrected chi connectivity index (χ4v) is 2.43. The molecule has 3 aromatic rings. The Bertz CT molecular complexity index is 695. The highest BCUT2D eigenvalue weighted by Gasteiger charge is 2.05. The Labute approximate surface area is 126 Å². The van der Waals surface area contributed by atoms with Crippen molar-refractivity contribution in [2.45, 2.75) is 12.3 Å². The molecule has 1 aromatic carbocycles. The van der Waals surface area contributed by atoms with Gasteiger partial charge in [0.05, 0.1) is 12.3 Å². The standard InChI is InChI=1S/C15H15N3O2S/c1-21-9-14-6-5-13(20-14)8-16-12-4-2-3-11(7-12)15-18-17-10-19-15/h2-7,10,16H,8-9H2,1H3. The number of nitrogens with zero attached hydrogens (tertiary/aromatic N) is 2. The molecule has 0 spiro atoms. The second kappa shape index (κ2) is 6.49. The minimum absolute atomic E-state index is 0.513. The molecule has 0 fully saturated rings. The van der Waals surface area contributed by atoms with Crippen molar-refractivity contribution in [2.24, 2.45) is 0 Å². The van der Waals surface area contributed by atoms with Crippen LogP contribution >= 0.6 is 11.8 Å². The molecule has 0 aliphatic rings. The zero-order valence-corrected chi connectivity index (χ0v) is 12.4. The predicted octanol–water partition coefficient (Wildman–Crippen LogP) is 3.80. The molecule has 2 aromatic heterocycles. The van der Waals surface area contributed by atoms with Gasteiger partial charge in [-0.15, -0.1) is 10.2 Å². The van der Waals surface area contributed by atoms with Crippen molar-refractivity contribution >= 4 is 17.4 Å². The van der Waals surface area contributed by atoms with E-state index in [1.54, 1.807) is 11.8 Å². The van der Waals surface area contributed by atoms with Gasteiger partial charge in [0.2, 0.25) is 12.3 Å². The van der Waals surface area contributed by atoms with Crippen LogP contribution in [0.3, 0.4) is 0 Å². The number of nitrogens with one attached hydrogen (secondary N) is 1. The van der Waals surface area contributed by atoms with Gasteiger partial charge in [0.15, 0.2) is 0 Å². The van der Waals surface area contributed by atoms with E-state index >= 15 is 0 Å². The van der Waals surface area contributed by atoms with Crippen molar-refractivity contribution in [1.82, 2.24) is 10.2 Å². The number of benzene rings is 1. The summed E-state index contributed by atoms with van der Waals surface area (Å²) < 4.78 is 10.9. The van der Waals surface area contributed by atoms with Gasteiger partial charge in [0.1, 0.15) is 11.5 Å². The molecule has 0 atom stereocenters. The van der Waals surface area contributed by atoms with Gasteiger partial charge in [-0.05, 0) is 36.6 Å². The maximum atomic E-state index is 5.72. The topological polar surface area (TPSA) is 64.1 Å². The maximum absolute atomic E-state index is 5.72. The lowest BCUT2D eigenvalue weighted by Crippen LogP contribution is -1.98. The Balaban J connectivity index is 1.66. The van der Waals surface area contributed by atoms with Crippen molar-refractivity contribution in [3.8, 4) is 11.5 Å². The minimum Gasteiger partial charge on any atom is -0.463 e. The van der Waals surface area contributed by atoms with Crippen LogP contribution in [0.25, 0.3) is 11.5 Å². The molecule has 5 nitrogen and oxygen atoms in total. The molecular formula is C15H15N3O2S. The maximum Gasteiger partial charge on any atom is 0.247 e. The zero-order valence-electron chi connectivity index (χ0n) is 11.6. The van der Waals surface area contributed by atoms with Gasteiger partial charge in [-0.25, -0.2) is 0 Å². The van der Waals surface area contributed by atoms with E-state index in [9.17, 15) is 0 Å². The van der Waals surface area contributed by atoms with E-state index in [0.29, 0.717) is 12.4 Å². The van der Waals surface area contributed by atoms with Crippen LogP contribution < -0.4 is 5.32 Å². The summed E-state index contributed by atoms with van der Waals surface area (Å²) in [6.45, 7) is 0.641. The minimum atomic E-state index is 0.513. The number of hydrogen-bond acceptors (Lipinski definition) is 6. The average Bonchev–Trinajstić information content (AvgIpc) is 3.18. The fourth-order valence-electron chi connectivity index (χ4n) is 1.99. The van der Waals surface area contributed by atoms with Crippen LogP contribution in [0.2, 0.25) is 0 Å². The van der Waals surface area contributed by atoms with Gasteiger partial charge in [0.25, 0.3) is 0 Å². The van der Waals surface area contributed by atoms with Gasteiger partial charge in [-0.3, -0.25) is 0 Å². The normalized spacial score (nSPS) is 10.7. The van der Waals surface area contributed by atoms with E-state index in [-0.39, 0.29) is 0 Å². The molecule has 0 saturated heterocycles. The Morgan fingerprint density at radius 3 is 2.90 bits per heavy atom. The Kier molecular flexibility index (Phi) is 4.25. The number of aromatic nitrogens is 2. The van der Waals surface area contributed by atoms with Crippen LogP contribution in [-0.2, 0) is 12.3 Å². The lowest BCUT2D eigenvalue weighted by atomic mass is 10.2. The van der Waals surface area contributed by atoms with Gasteiger partial charge in [-0.1, -0.05) is 6.07 Å². The molecular weight excluding hydrogens is 286 g/mol. The first kappa shape index (κ1) is 13.8. The van der Waals surface area contributed by atoms with Crippen LogP contribution in [-0.4, -0.2) is 16.5 Å². The first-order valence-corrected chi connectivity index (χ1v) is 7.91. The molecule has 3 rings (SSSR count). The lowest BCUT2D eigenvalue weighted by molar-refractivity contribution is 0.487. The molecule has 0 aliphatic heterocycles. The van der Waals surface area contributed by atoms with E-state index in [4.69, 9.17) is 8.83 Å². The van der Waals surface area contributed by atoms with Crippen LogP contribution in [0, 0.1) is 0 Å². The highest BCUT2D eigenvalue weighted by atomic mass is 32.2. The summed E-state index contributed by atoms with van der Waals surface area (Å²) in [7, 11) is 0. The molecule has 2 heterocycles. The monoisotopic (exact) mass is 301 g/mol. The van der Waals surface area contributed by atoms with Gasteiger partial charge in [0, 0.05) is 11.3 Å². The third kappa shape index (κ3) is 3.46. The van der Waals surface area contributed by atoms with E-state index in [1.165, 1.54) is 6.39 Å². The number of anilines is 1. The summed E-state index contributed by atoms with van der Waals surface area (Å²) in [5.74, 6) is 3.33. The molecule has 0 aliphatic carbocycles. The van der Waals surface area contributed by atoms with Crippen molar-refractivity contribution in [3.05, 3.63) is 54.3 Å². The molecule has 1 N–H and O–H groups in total. The van der Waals surface area contributed by atoms with Crippen molar-refractivity contribution in [2.75, 3.05) is 11.6 Å². The smallest absolute Gasteiger partial charge is 0.247 e. The largest absolute Gasteiger partial charge is 0.463 e. The molecule has 0 saturated carbocycles. The number of thioether (sulfide) groups is 1. The summed E-state index contributed by atoms with van der Waals surface area (Å²) >= 11 is 1.75. The van der Waals surface area contributed by atoms with Crippen molar-refractivity contribution in [3.63, 3.8) is 0 Å². The zero-order chi connectivity index (χ0) is 14.5. The Hall–Kier alpha value is -2.21. The van der Waals surface area contributed by atoms with Gasteiger partial charge < -0.3 is 14.2 Å². The van der Waals surface area contributed by atoms with Crippen molar-refractivity contribution < 1.29 is 8.83 Å². The van der Waals surface area contributed by atoms with E-state index in [0.717, 1.165) is 28.5 Å². The summed E-state index contributed by atoms with van der Waals surface area (Å²) in [6.07, 6.45) is 3.38. The fraction of sp³-hybridized carbons (Fsp3) is 0.200. The summed E-state index contributed by atoms with van der Waals surface area (Å²) in [5.41, 5.74) is 1.87. The third-order valence-corrected chi connectivity index (χ3v) is 3.51. The summed E-state index contributed by atoms with van der Waals surface area (Å²) in [4.78, 5) is 0. The number of furan rings is 1. The van der Waals surface area contributed by atoms with Crippen LogP contribution in [0.1, 0.15) is 11.5 Å². The molecule has 108 valence electrons. The second-order valence-electron chi connectivity index (χ2n) is 4.48. The molecule has 21 heavy (non-hydrogen) atoms.